The van der Waals surface area contributed by atoms with Crippen LogP contribution in [-0.2, 0) is 6.42 Å². The molecule has 0 bridgehead atoms. The molecule has 0 aliphatic heterocycles. The molecule has 0 amide bonds. The fourth-order valence-corrected chi connectivity index (χ4v) is 4.17. The number of rotatable bonds is 3. The quantitative estimate of drug-likeness (QED) is 0.522. The lowest BCUT2D eigenvalue weighted by atomic mass is 10.1. The van der Waals surface area contributed by atoms with Gasteiger partial charge >= 0.3 is 5.97 Å². The molecule has 1 aliphatic carbocycles. The Morgan fingerprint density at radius 3 is 2.62 bits per heavy atom. The molecular formula is C20H13N3O2S. The second kappa shape index (κ2) is 5.64. The van der Waals surface area contributed by atoms with Gasteiger partial charge in [0.2, 0.25) is 5.13 Å². The number of hydrogen-bond acceptors (Lipinski definition) is 4. The fourth-order valence-electron chi connectivity index (χ4n) is 3.42. The summed E-state index contributed by atoms with van der Waals surface area (Å²) in [6.45, 7) is 0. The topological polar surface area (TPSA) is 68.0 Å². The fraction of sp³-hybridized carbons (Fsp3) is 0.0500. The molecule has 0 fully saturated rings. The zero-order valence-electron chi connectivity index (χ0n) is 13.6. The third-order valence-corrected chi connectivity index (χ3v) is 5.38. The maximum Gasteiger partial charge on any atom is 0.355 e. The SMILES string of the molecule is O=C(O)c1csc(-n2nc(-c3ccccc3)c3c2-c2ccccc2C3)n1. The van der Waals surface area contributed by atoms with Crippen LogP contribution in [-0.4, -0.2) is 25.8 Å². The molecule has 0 saturated heterocycles. The number of hydrogen-bond donors (Lipinski definition) is 1. The highest BCUT2D eigenvalue weighted by molar-refractivity contribution is 7.12. The van der Waals surface area contributed by atoms with Gasteiger partial charge in [-0.1, -0.05) is 54.6 Å². The van der Waals surface area contributed by atoms with Gasteiger partial charge in [0, 0.05) is 28.5 Å². The summed E-state index contributed by atoms with van der Waals surface area (Å²) >= 11 is 1.29. The lowest BCUT2D eigenvalue weighted by Gasteiger charge is -2.04. The molecule has 4 aromatic rings. The number of fused-ring (bicyclic) bond motifs is 3. The molecule has 0 unspecified atom stereocenters. The van der Waals surface area contributed by atoms with E-state index in [1.54, 1.807) is 10.1 Å². The molecule has 2 aromatic carbocycles. The first-order valence-corrected chi connectivity index (χ1v) is 9.05. The van der Waals surface area contributed by atoms with Crippen LogP contribution in [0, 0.1) is 0 Å². The van der Waals surface area contributed by atoms with E-state index in [0.717, 1.165) is 34.5 Å². The van der Waals surface area contributed by atoms with Crippen LogP contribution >= 0.6 is 11.3 Å². The van der Waals surface area contributed by atoms with E-state index >= 15 is 0 Å². The third-order valence-electron chi connectivity index (χ3n) is 4.56. The van der Waals surface area contributed by atoms with Gasteiger partial charge in [-0.15, -0.1) is 11.3 Å². The summed E-state index contributed by atoms with van der Waals surface area (Å²) < 4.78 is 1.79. The molecule has 1 aliphatic rings. The van der Waals surface area contributed by atoms with Crippen molar-refractivity contribution in [1.82, 2.24) is 14.8 Å². The molecule has 26 heavy (non-hydrogen) atoms. The number of thiazole rings is 1. The molecule has 2 heterocycles. The van der Waals surface area contributed by atoms with Crippen molar-refractivity contribution in [3.8, 4) is 27.6 Å². The van der Waals surface area contributed by atoms with Crippen LogP contribution < -0.4 is 0 Å². The van der Waals surface area contributed by atoms with E-state index in [2.05, 4.69) is 17.1 Å². The smallest absolute Gasteiger partial charge is 0.355 e. The second-order valence-corrected chi connectivity index (χ2v) is 6.94. The van der Waals surface area contributed by atoms with Gasteiger partial charge in [0.25, 0.3) is 0 Å². The van der Waals surface area contributed by atoms with Crippen LogP contribution in [0.3, 0.4) is 0 Å². The Balaban J connectivity index is 1.77. The monoisotopic (exact) mass is 359 g/mol. The summed E-state index contributed by atoms with van der Waals surface area (Å²) in [5, 5.41) is 16.1. The van der Waals surface area contributed by atoms with Crippen molar-refractivity contribution in [3.05, 3.63) is 76.8 Å². The minimum absolute atomic E-state index is 0.0433. The largest absolute Gasteiger partial charge is 0.476 e. The highest BCUT2D eigenvalue weighted by Crippen LogP contribution is 2.42. The minimum Gasteiger partial charge on any atom is -0.476 e. The summed E-state index contributed by atoms with van der Waals surface area (Å²) in [6.07, 6.45) is 0.812. The Bertz CT molecular complexity index is 1150. The highest BCUT2D eigenvalue weighted by Gasteiger charge is 2.29. The van der Waals surface area contributed by atoms with Gasteiger partial charge < -0.3 is 5.11 Å². The molecule has 1 N–H and O–H groups in total. The summed E-state index contributed by atoms with van der Waals surface area (Å²) in [5.41, 5.74) is 6.55. The molecule has 2 aromatic heterocycles. The highest BCUT2D eigenvalue weighted by atomic mass is 32.1. The average Bonchev–Trinajstić information content (AvgIpc) is 3.36. The first kappa shape index (κ1) is 15.0. The van der Waals surface area contributed by atoms with Crippen LogP contribution in [0.1, 0.15) is 21.6 Å². The number of nitrogens with zero attached hydrogens (tertiary/aromatic N) is 3. The lowest BCUT2D eigenvalue weighted by Crippen LogP contribution is -2.01. The molecule has 6 heteroatoms. The van der Waals surface area contributed by atoms with Crippen molar-refractivity contribution in [3.63, 3.8) is 0 Å². The Morgan fingerprint density at radius 1 is 1.08 bits per heavy atom. The number of aromatic carboxylic acids is 1. The first-order valence-electron chi connectivity index (χ1n) is 8.17. The van der Waals surface area contributed by atoms with Crippen LogP contribution in [0.2, 0.25) is 0 Å². The summed E-state index contributed by atoms with van der Waals surface area (Å²) in [7, 11) is 0. The van der Waals surface area contributed by atoms with Crippen LogP contribution in [0.4, 0.5) is 0 Å². The van der Waals surface area contributed by atoms with Gasteiger partial charge in [-0.05, 0) is 5.56 Å². The molecule has 126 valence electrons. The Labute approximate surface area is 153 Å². The van der Waals surface area contributed by atoms with Crippen LogP contribution in [0.25, 0.3) is 27.6 Å². The van der Waals surface area contributed by atoms with Gasteiger partial charge in [0.1, 0.15) is 0 Å². The van der Waals surface area contributed by atoms with Crippen molar-refractivity contribution < 1.29 is 9.90 Å². The van der Waals surface area contributed by atoms with Crippen LogP contribution in [0.5, 0.6) is 0 Å². The molecule has 5 rings (SSSR count). The van der Waals surface area contributed by atoms with E-state index in [4.69, 9.17) is 5.10 Å². The van der Waals surface area contributed by atoms with Gasteiger partial charge in [-0.3, -0.25) is 0 Å². The zero-order valence-corrected chi connectivity index (χ0v) is 14.4. The second-order valence-electron chi connectivity index (χ2n) is 6.11. The van der Waals surface area contributed by atoms with E-state index in [9.17, 15) is 9.90 Å². The van der Waals surface area contributed by atoms with Crippen molar-refractivity contribution in [1.29, 1.82) is 0 Å². The van der Waals surface area contributed by atoms with E-state index in [-0.39, 0.29) is 5.69 Å². The molecule has 0 spiro atoms. The summed E-state index contributed by atoms with van der Waals surface area (Å²) in [4.78, 5) is 15.5. The van der Waals surface area contributed by atoms with Gasteiger partial charge in [-0.2, -0.15) is 5.10 Å². The van der Waals surface area contributed by atoms with Crippen molar-refractivity contribution in [2.75, 3.05) is 0 Å². The minimum atomic E-state index is -1.03. The van der Waals surface area contributed by atoms with Crippen molar-refractivity contribution >= 4 is 17.3 Å². The van der Waals surface area contributed by atoms with E-state index in [0.29, 0.717) is 5.13 Å². The van der Waals surface area contributed by atoms with E-state index < -0.39 is 5.97 Å². The number of benzene rings is 2. The lowest BCUT2D eigenvalue weighted by molar-refractivity contribution is 0.0691. The van der Waals surface area contributed by atoms with Gasteiger partial charge in [-0.25, -0.2) is 14.5 Å². The summed E-state index contributed by atoms with van der Waals surface area (Å²) in [5.74, 6) is -1.03. The third kappa shape index (κ3) is 2.19. The standard InChI is InChI=1S/C20H13N3O2S/c24-19(25)16-11-26-20(21-16)23-18-14-9-5-4-8-13(14)10-15(18)17(22-23)12-6-2-1-3-7-12/h1-9,11H,10H2,(H,24,25). The predicted octanol–water partition coefficient (Wildman–Crippen LogP) is 4.27. The summed E-state index contributed by atoms with van der Waals surface area (Å²) in [6, 6.07) is 18.3. The average molecular weight is 359 g/mol. The zero-order chi connectivity index (χ0) is 17.7. The molecular weight excluding hydrogens is 346 g/mol. The normalized spacial score (nSPS) is 12.0. The first-order chi connectivity index (χ1) is 12.7. The molecule has 0 radical (unpaired) electrons. The number of aromatic nitrogens is 3. The van der Waals surface area contributed by atoms with Gasteiger partial charge in [0.15, 0.2) is 5.69 Å². The number of carboxylic acids is 1. The molecule has 0 saturated carbocycles. The van der Waals surface area contributed by atoms with E-state index in [1.165, 1.54) is 16.9 Å². The van der Waals surface area contributed by atoms with Gasteiger partial charge in [0.05, 0.1) is 11.4 Å². The molecule has 0 atom stereocenters. The van der Waals surface area contributed by atoms with Crippen molar-refractivity contribution in [2.45, 2.75) is 6.42 Å². The number of carboxylic acid groups (broad SMARTS) is 1. The van der Waals surface area contributed by atoms with Crippen LogP contribution in [0.15, 0.2) is 60.0 Å². The van der Waals surface area contributed by atoms with Crippen molar-refractivity contribution in [2.24, 2.45) is 0 Å². The maximum absolute atomic E-state index is 11.2. The predicted molar refractivity (Wildman–Crippen MR) is 99.9 cm³/mol. The Kier molecular flexibility index (Phi) is 3.26. The Morgan fingerprint density at radius 2 is 1.85 bits per heavy atom. The Hall–Kier alpha value is -3.25. The maximum atomic E-state index is 11.2. The molecule has 5 nitrogen and oxygen atoms in total. The number of carbonyl (C=O) groups is 1. The van der Waals surface area contributed by atoms with E-state index in [1.807, 2.05) is 42.5 Å².